The quantitative estimate of drug-likeness (QED) is 0.101. The lowest BCUT2D eigenvalue weighted by Crippen LogP contribution is -2.64. The molecule has 0 bridgehead atoms. The maximum absolute atomic E-state index is 12.2. The van der Waals surface area contributed by atoms with Gasteiger partial charge in [-0.2, -0.15) is 0 Å². The first-order valence-corrected chi connectivity index (χ1v) is 16.6. The van der Waals surface area contributed by atoms with E-state index in [2.05, 4.69) is 10.6 Å². The van der Waals surface area contributed by atoms with Gasteiger partial charge in [0.25, 0.3) is 0 Å². The van der Waals surface area contributed by atoms with Gasteiger partial charge >= 0.3 is 12.0 Å². The molecule has 4 aliphatic rings. The van der Waals surface area contributed by atoms with Crippen molar-refractivity contribution in [1.29, 1.82) is 0 Å². The topological polar surface area (TPSA) is 255 Å². The van der Waals surface area contributed by atoms with Crippen LogP contribution in [0.5, 0.6) is 0 Å². The van der Waals surface area contributed by atoms with Gasteiger partial charge < -0.3 is 74.8 Å². The summed E-state index contributed by atoms with van der Waals surface area (Å²) < 4.78 is 35.4. The van der Waals surface area contributed by atoms with E-state index in [0.29, 0.717) is 6.54 Å². The lowest BCUT2D eigenvalue weighted by atomic mass is 9.85. The summed E-state index contributed by atoms with van der Waals surface area (Å²) in [7, 11) is 0. The first kappa shape index (κ1) is 38.1. The van der Waals surface area contributed by atoms with Crippen LogP contribution in [0.25, 0.3) is 0 Å². The molecule has 4 rings (SSSR count). The van der Waals surface area contributed by atoms with E-state index >= 15 is 0 Å². The Morgan fingerprint density at radius 1 is 0.830 bits per heavy atom. The summed E-state index contributed by atoms with van der Waals surface area (Å²) in [6.45, 7) is 2.92. The Labute approximate surface area is 273 Å². The summed E-state index contributed by atoms with van der Waals surface area (Å²) >= 11 is 0. The molecule has 1 aliphatic carbocycles. The van der Waals surface area contributed by atoms with Gasteiger partial charge in [0.2, 0.25) is 0 Å². The van der Waals surface area contributed by atoms with Crippen molar-refractivity contribution in [3.8, 4) is 0 Å². The highest BCUT2D eigenvalue weighted by molar-refractivity contribution is 5.73. The maximum atomic E-state index is 12.2. The highest BCUT2D eigenvalue weighted by atomic mass is 16.7. The Balaban J connectivity index is 1.53. The molecule has 47 heavy (non-hydrogen) atoms. The van der Waals surface area contributed by atoms with E-state index in [0.717, 1.165) is 32.1 Å². The summed E-state index contributed by atoms with van der Waals surface area (Å²) in [4.78, 5) is 24.4. The molecule has 14 atom stereocenters. The van der Waals surface area contributed by atoms with Crippen LogP contribution >= 0.6 is 0 Å². The van der Waals surface area contributed by atoms with E-state index in [9.17, 15) is 45.3 Å². The third kappa shape index (κ3) is 9.70. The molecule has 0 aromatic rings. The summed E-state index contributed by atoms with van der Waals surface area (Å²) in [6.07, 6.45) is -13.9. The van der Waals surface area contributed by atoms with Crippen molar-refractivity contribution in [2.45, 2.75) is 145 Å². The highest BCUT2D eigenvalue weighted by Crippen LogP contribution is 2.34. The highest BCUT2D eigenvalue weighted by Gasteiger charge is 2.51. The van der Waals surface area contributed by atoms with Crippen LogP contribution in [0.3, 0.4) is 0 Å². The zero-order chi connectivity index (χ0) is 34.2. The molecule has 1 saturated carbocycles. The van der Waals surface area contributed by atoms with Gasteiger partial charge in [0.1, 0.15) is 54.9 Å². The number of carbonyl (C=O) groups excluding carboxylic acids is 1. The number of aliphatic hydroxyl groups excluding tert-OH is 6. The normalized spacial score (nSPS) is 40.8. The molecule has 17 nitrogen and oxygen atoms in total. The van der Waals surface area contributed by atoms with E-state index in [1.807, 2.05) is 0 Å². The molecule has 272 valence electrons. The Bertz CT molecular complexity index is 989. The minimum atomic E-state index is -1.70. The van der Waals surface area contributed by atoms with Crippen LogP contribution in [-0.4, -0.2) is 160 Å². The Morgan fingerprint density at radius 3 is 2.19 bits per heavy atom. The number of rotatable bonds is 13. The average molecular weight is 681 g/mol. The number of aliphatic carboxylic acids is 1. The summed E-state index contributed by atoms with van der Waals surface area (Å²) in [5, 5.41) is 78.6. The second-order valence-corrected chi connectivity index (χ2v) is 12.8. The van der Waals surface area contributed by atoms with E-state index in [1.54, 1.807) is 6.92 Å². The Morgan fingerprint density at radius 2 is 1.53 bits per heavy atom. The zero-order valence-electron chi connectivity index (χ0n) is 26.8. The number of carbonyl (C=O) groups is 2. The van der Waals surface area contributed by atoms with E-state index in [-0.39, 0.29) is 31.9 Å². The van der Waals surface area contributed by atoms with E-state index in [1.165, 1.54) is 6.92 Å². The molecular weight excluding hydrogens is 628 g/mol. The molecule has 3 heterocycles. The van der Waals surface area contributed by atoms with Crippen molar-refractivity contribution in [1.82, 2.24) is 10.6 Å². The third-order valence-corrected chi connectivity index (χ3v) is 9.37. The van der Waals surface area contributed by atoms with Gasteiger partial charge in [0, 0.05) is 19.7 Å². The Kier molecular flexibility index (Phi) is 14.4. The van der Waals surface area contributed by atoms with Crippen LogP contribution in [0, 0.1) is 5.92 Å². The number of aliphatic hydroxyl groups is 6. The Hall–Kier alpha value is -1.74. The van der Waals surface area contributed by atoms with Crippen LogP contribution in [0.15, 0.2) is 0 Å². The van der Waals surface area contributed by atoms with Gasteiger partial charge in [0.15, 0.2) is 18.7 Å². The minimum absolute atomic E-state index is 0.0842. The van der Waals surface area contributed by atoms with E-state index in [4.69, 9.17) is 28.4 Å². The maximum Gasteiger partial charge on any atom is 0.332 e. The molecule has 3 unspecified atom stereocenters. The zero-order valence-corrected chi connectivity index (χ0v) is 26.8. The van der Waals surface area contributed by atoms with Crippen LogP contribution in [0.2, 0.25) is 0 Å². The predicted molar refractivity (Wildman–Crippen MR) is 159 cm³/mol. The van der Waals surface area contributed by atoms with Gasteiger partial charge in [-0.3, -0.25) is 0 Å². The molecule has 0 radical (unpaired) electrons. The second-order valence-electron chi connectivity index (χ2n) is 12.8. The van der Waals surface area contributed by atoms with Gasteiger partial charge in [0.05, 0.1) is 18.8 Å². The number of urea groups is 1. The number of ether oxygens (including phenoxy) is 6. The van der Waals surface area contributed by atoms with Crippen molar-refractivity contribution >= 4 is 12.0 Å². The fraction of sp³-hybridized carbons (Fsp3) is 0.933. The molecule has 17 heteroatoms. The van der Waals surface area contributed by atoms with Crippen LogP contribution < -0.4 is 10.6 Å². The van der Waals surface area contributed by atoms with E-state index < -0.39 is 104 Å². The summed E-state index contributed by atoms with van der Waals surface area (Å²) in [5.74, 6) is -1.13. The molecule has 0 aromatic heterocycles. The second kappa shape index (κ2) is 17.8. The SMILES string of the molecule is CCNC(=O)NC[C@H]1OCC[C@@H](O[C@@H]2O[C@H](CO)[C@H](O)[C@H](OC(CC3CCCCC3)C(=O)O)[C@H]2O)C1OC1O[C@@H](C)[C@@H](O)[C@@H](O)[C@@H]1O. The standard InChI is InChI=1S/C30H52N2O15/c1-3-31-30(41)32-12-18-25(47-28-23(37)22(36)20(34)14(2)43-28)16(9-10-42-18)45-29-24(38)26(21(35)19(13-33)46-29)44-17(27(39)40)11-15-7-5-4-6-8-15/h14-26,28-29,33-38H,3-13H2,1-2H3,(H,39,40)(H2,31,32,41)/t14-,16+,17?,18+,19+,20+,21-,22+,23-,24+,25?,26-,28?,29+/m0/s1. The first-order valence-electron chi connectivity index (χ1n) is 16.6. The van der Waals surface area contributed by atoms with Gasteiger partial charge in [-0.25, -0.2) is 9.59 Å². The van der Waals surface area contributed by atoms with Crippen molar-refractivity contribution < 1.29 is 73.8 Å². The van der Waals surface area contributed by atoms with Crippen molar-refractivity contribution in [2.75, 3.05) is 26.3 Å². The van der Waals surface area contributed by atoms with Crippen molar-refractivity contribution in [2.24, 2.45) is 5.92 Å². The predicted octanol–water partition coefficient (Wildman–Crippen LogP) is -2.06. The molecule has 0 aromatic carbocycles. The number of carboxylic acids is 1. The fourth-order valence-electron chi connectivity index (χ4n) is 6.66. The number of hydrogen-bond donors (Lipinski definition) is 9. The minimum Gasteiger partial charge on any atom is -0.479 e. The number of hydrogen-bond acceptors (Lipinski definition) is 14. The van der Waals surface area contributed by atoms with Crippen LogP contribution in [0.1, 0.15) is 58.8 Å². The monoisotopic (exact) mass is 680 g/mol. The van der Waals surface area contributed by atoms with Gasteiger partial charge in [-0.05, 0) is 32.6 Å². The molecular formula is C30H52N2O15. The lowest BCUT2D eigenvalue weighted by molar-refractivity contribution is -0.355. The van der Waals surface area contributed by atoms with Crippen LogP contribution in [-0.2, 0) is 33.2 Å². The average Bonchev–Trinajstić information content (AvgIpc) is 3.05. The molecule has 3 aliphatic heterocycles. The third-order valence-electron chi connectivity index (χ3n) is 9.37. The van der Waals surface area contributed by atoms with Gasteiger partial charge in [-0.1, -0.05) is 32.1 Å². The van der Waals surface area contributed by atoms with Gasteiger partial charge in [-0.15, -0.1) is 0 Å². The molecule has 4 fully saturated rings. The van der Waals surface area contributed by atoms with Crippen molar-refractivity contribution in [3.63, 3.8) is 0 Å². The number of carboxylic acid groups (broad SMARTS) is 1. The molecule has 9 N–H and O–H groups in total. The number of amides is 2. The molecule has 0 spiro atoms. The lowest BCUT2D eigenvalue weighted by Gasteiger charge is -2.47. The van der Waals surface area contributed by atoms with Crippen LogP contribution in [0.4, 0.5) is 4.79 Å². The molecule has 3 saturated heterocycles. The van der Waals surface area contributed by atoms with Crippen molar-refractivity contribution in [3.05, 3.63) is 0 Å². The smallest absolute Gasteiger partial charge is 0.332 e. The largest absolute Gasteiger partial charge is 0.479 e. The summed E-state index contributed by atoms with van der Waals surface area (Å²) in [6, 6.07) is -0.481. The molecule has 2 amide bonds. The first-order chi connectivity index (χ1) is 22.4. The summed E-state index contributed by atoms with van der Waals surface area (Å²) in [5.41, 5.74) is 0. The fourth-order valence-corrected chi connectivity index (χ4v) is 6.66. The number of nitrogens with one attached hydrogen (secondary N) is 2.